The quantitative estimate of drug-likeness (QED) is 0.321. The molecule has 0 saturated carbocycles. The van der Waals surface area contributed by atoms with E-state index < -0.39 is 6.10 Å². The number of aliphatic hydroxyl groups excluding tert-OH is 1. The summed E-state index contributed by atoms with van der Waals surface area (Å²) in [5.74, 6) is -0.715. The molecule has 2 N–H and O–H groups in total. The molecule has 1 amide bonds. The van der Waals surface area contributed by atoms with Crippen LogP contribution in [0.2, 0.25) is 0 Å². The van der Waals surface area contributed by atoms with Gasteiger partial charge < -0.3 is 20.2 Å². The minimum Gasteiger partial charge on any atom is -0.389 e. The minimum absolute atomic E-state index is 0.0109. The fourth-order valence-electron chi connectivity index (χ4n) is 5.41. The van der Waals surface area contributed by atoms with E-state index in [2.05, 4.69) is 26.4 Å². The molecular formula is C29H30F2N8O2S. The number of nitrogens with one attached hydrogen (secondary N) is 1. The molecule has 0 unspecified atom stereocenters. The summed E-state index contributed by atoms with van der Waals surface area (Å²) in [4.78, 5) is 23.1. The third-order valence-electron chi connectivity index (χ3n) is 7.77. The van der Waals surface area contributed by atoms with Crippen LogP contribution in [0.4, 0.5) is 19.6 Å². The molecule has 0 radical (unpaired) electrons. The predicted molar refractivity (Wildman–Crippen MR) is 155 cm³/mol. The fraction of sp³-hybridized carbons (Fsp3) is 0.379. The molecule has 2 fully saturated rings. The SMILES string of the molecule is CCc1nn2cc(F)c(N3CCN(CC(=O)N4CC(O)C4)CC3)cc2c1CNc1nc(-c2ccc(F)cc2)c(C#N)s1. The first-order valence-electron chi connectivity index (χ1n) is 13.9. The van der Waals surface area contributed by atoms with Crippen molar-refractivity contribution in [2.45, 2.75) is 26.0 Å². The lowest BCUT2D eigenvalue weighted by molar-refractivity contribution is -0.142. The largest absolute Gasteiger partial charge is 0.389 e. The number of pyridine rings is 1. The van der Waals surface area contributed by atoms with Crippen LogP contribution < -0.4 is 10.2 Å². The zero-order chi connectivity index (χ0) is 29.4. The van der Waals surface area contributed by atoms with E-state index in [0.29, 0.717) is 85.7 Å². The smallest absolute Gasteiger partial charge is 0.236 e. The second-order valence-electron chi connectivity index (χ2n) is 10.5. The van der Waals surface area contributed by atoms with Gasteiger partial charge in [0.25, 0.3) is 0 Å². The van der Waals surface area contributed by atoms with E-state index in [9.17, 15) is 19.6 Å². The number of thiazole rings is 1. The average Bonchev–Trinajstić information content (AvgIpc) is 3.55. The highest BCUT2D eigenvalue weighted by molar-refractivity contribution is 7.16. The number of amides is 1. The number of benzene rings is 1. The van der Waals surface area contributed by atoms with Gasteiger partial charge in [-0.05, 0) is 36.8 Å². The number of anilines is 2. The highest BCUT2D eigenvalue weighted by Crippen LogP contribution is 2.32. The summed E-state index contributed by atoms with van der Waals surface area (Å²) in [6, 6.07) is 9.87. The number of nitrogens with zero attached hydrogens (tertiary/aromatic N) is 7. The number of hydrogen-bond donors (Lipinski definition) is 2. The summed E-state index contributed by atoms with van der Waals surface area (Å²) >= 11 is 1.22. The number of nitriles is 1. The second kappa shape index (κ2) is 11.6. The summed E-state index contributed by atoms with van der Waals surface area (Å²) < 4.78 is 30.3. The van der Waals surface area contributed by atoms with Crippen LogP contribution in [0.15, 0.2) is 36.5 Å². The van der Waals surface area contributed by atoms with E-state index in [1.807, 2.05) is 17.9 Å². The molecule has 0 spiro atoms. The molecule has 6 rings (SSSR count). The zero-order valence-corrected chi connectivity index (χ0v) is 23.9. The van der Waals surface area contributed by atoms with Crippen LogP contribution in [-0.4, -0.2) is 87.3 Å². The van der Waals surface area contributed by atoms with Crippen molar-refractivity contribution in [3.8, 4) is 17.3 Å². The van der Waals surface area contributed by atoms with Gasteiger partial charge in [-0.1, -0.05) is 18.3 Å². The number of carbonyl (C=O) groups is 1. The van der Waals surface area contributed by atoms with Crippen LogP contribution in [0.1, 0.15) is 23.1 Å². The molecule has 10 nitrogen and oxygen atoms in total. The van der Waals surface area contributed by atoms with Gasteiger partial charge in [-0.25, -0.2) is 18.3 Å². The Hall–Kier alpha value is -4.12. The summed E-state index contributed by atoms with van der Waals surface area (Å²) in [5.41, 5.74) is 4.16. The van der Waals surface area contributed by atoms with Crippen LogP contribution >= 0.6 is 11.3 Å². The Kier molecular flexibility index (Phi) is 7.76. The van der Waals surface area contributed by atoms with Gasteiger partial charge in [0.2, 0.25) is 5.91 Å². The Balaban J connectivity index is 1.18. The number of aryl methyl sites for hydroxylation is 1. The van der Waals surface area contributed by atoms with Crippen molar-refractivity contribution in [2.75, 3.05) is 56.0 Å². The molecule has 3 aromatic heterocycles. The number of likely N-dealkylation sites (tertiary alicyclic amines) is 1. The lowest BCUT2D eigenvalue weighted by atomic mass is 10.1. The van der Waals surface area contributed by atoms with Crippen molar-refractivity contribution >= 4 is 33.6 Å². The van der Waals surface area contributed by atoms with Crippen LogP contribution in [0.5, 0.6) is 0 Å². The van der Waals surface area contributed by atoms with Crippen molar-refractivity contribution in [3.63, 3.8) is 0 Å². The molecule has 0 aliphatic carbocycles. The van der Waals surface area contributed by atoms with E-state index in [1.165, 1.54) is 29.7 Å². The Bertz CT molecular complexity index is 1650. The summed E-state index contributed by atoms with van der Waals surface area (Å²) in [5, 5.41) is 27.6. The van der Waals surface area contributed by atoms with Gasteiger partial charge in [0.15, 0.2) is 10.9 Å². The summed E-state index contributed by atoms with van der Waals surface area (Å²) in [6.45, 7) is 5.86. The standard InChI is InChI=1S/C29H30F2N8O2S/c1-2-23-21(13-33-29-34-28(26(12-32)42-29)18-3-5-19(30)6-4-18)24-11-25(22(31)16-39(24)35-23)37-9-7-36(8-10-37)17-27(41)38-14-20(40)15-38/h3-6,11,16,20,40H,2,7-10,13-15,17H2,1H3,(H,33,34). The topological polar surface area (TPSA) is 113 Å². The Morgan fingerprint density at radius 3 is 2.60 bits per heavy atom. The third-order valence-corrected chi connectivity index (χ3v) is 8.69. The molecule has 0 bridgehead atoms. The molecule has 2 aliphatic rings. The molecule has 218 valence electrons. The van der Waals surface area contributed by atoms with E-state index >= 15 is 4.39 Å². The van der Waals surface area contributed by atoms with Crippen molar-refractivity contribution in [3.05, 3.63) is 64.3 Å². The molecule has 0 atom stereocenters. The first kappa shape index (κ1) is 28.0. The van der Waals surface area contributed by atoms with Gasteiger partial charge in [-0.2, -0.15) is 10.4 Å². The maximum atomic E-state index is 15.3. The third kappa shape index (κ3) is 5.53. The number of rotatable bonds is 8. The lowest BCUT2D eigenvalue weighted by Crippen LogP contribution is -2.57. The first-order valence-corrected chi connectivity index (χ1v) is 14.7. The number of fused-ring (bicyclic) bond motifs is 1. The van der Waals surface area contributed by atoms with Crippen molar-refractivity contribution in [1.82, 2.24) is 24.4 Å². The van der Waals surface area contributed by atoms with Crippen LogP contribution in [0.3, 0.4) is 0 Å². The number of halogens is 2. The van der Waals surface area contributed by atoms with Crippen LogP contribution in [0.25, 0.3) is 16.8 Å². The summed E-state index contributed by atoms with van der Waals surface area (Å²) in [7, 11) is 0. The lowest BCUT2D eigenvalue weighted by Gasteiger charge is -2.39. The minimum atomic E-state index is -0.420. The second-order valence-corrected chi connectivity index (χ2v) is 11.5. The highest BCUT2D eigenvalue weighted by atomic mass is 32.1. The Labute approximate surface area is 245 Å². The maximum absolute atomic E-state index is 15.3. The van der Waals surface area contributed by atoms with Crippen molar-refractivity contribution in [2.24, 2.45) is 0 Å². The monoisotopic (exact) mass is 592 g/mol. The molecule has 5 heterocycles. The molecule has 1 aromatic carbocycles. The van der Waals surface area contributed by atoms with Crippen molar-refractivity contribution in [1.29, 1.82) is 5.26 Å². The summed E-state index contributed by atoms with van der Waals surface area (Å²) in [6.07, 6.45) is 1.64. The molecule has 42 heavy (non-hydrogen) atoms. The highest BCUT2D eigenvalue weighted by Gasteiger charge is 2.30. The molecule has 2 aliphatic heterocycles. The Morgan fingerprint density at radius 2 is 1.93 bits per heavy atom. The molecule has 2 saturated heterocycles. The van der Waals surface area contributed by atoms with Crippen LogP contribution in [-0.2, 0) is 17.8 Å². The van der Waals surface area contributed by atoms with Gasteiger partial charge in [0.1, 0.15) is 22.5 Å². The average molecular weight is 593 g/mol. The van der Waals surface area contributed by atoms with Crippen LogP contribution in [0, 0.1) is 23.0 Å². The maximum Gasteiger partial charge on any atom is 0.236 e. The first-order chi connectivity index (χ1) is 20.3. The number of β-amino-alcohol motifs (C(OH)–C–C–N with tert-alkyl or cyclic N) is 1. The van der Waals surface area contributed by atoms with Gasteiger partial charge >= 0.3 is 0 Å². The number of aliphatic hydroxyl groups is 1. The van der Waals surface area contributed by atoms with Gasteiger partial charge in [-0.15, -0.1) is 0 Å². The van der Waals surface area contributed by atoms with Gasteiger partial charge in [0, 0.05) is 56.9 Å². The number of carbonyl (C=O) groups excluding carboxylic acids is 1. The molecule has 13 heteroatoms. The van der Waals surface area contributed by atoms with E-state index in [-0.39, 0.29) is 17.5 Å². The predicted octanol–water partition coefficient (Wildman–Crippen LogP) is 3.11. The molecule has 4 aromatic rings. The van der Waals surface area contributed by atoms with Gasteiger partial charge in [0.05, 0.1) is 35.7 Å². The van der Waals surface area contributed by atoms with Gasteiger partial charge in [-0.3, -0.25) is 9.69 Å². The fourth-order valence-corrected chi connectivity index (χ4v) is 6.19. The Morgan fingerprint density at radius 1 is 1.19 bits per heavy atom. The zero-order valence-electron chi connectivity index (χ0n) is 23.1. The number of piperazine rings is 1. The van der Waals surface area contributed by atoms with E-state index in [4.69, 9.17) is 0 Å². The number of hydrogen-bond acceptors (Lipinski definition) is 9. The normalized spacial score (nSPS) is 16.1. The number of aromatic nitrogens is 3. The van der Waals surface area contributed by atoms with E-state index in [1.54, 1.807) is 21.5 Å². The van der Waals surface area contributed by atoms with Crippen molar-refractivity contribution < 1.29 is 18.7 Å². The van der Waals surface area contributed by atoms with E-state index in [0.717, 1.165) is 16.8 Å². The molecular weight excluding hydrogens is 562 g/mol.